The third-order valence-electron chi connectivity index (χ3n) is 1.43. The maximum Gasteiger partial charge on any atom is 0.334 e. The van der Waals surface area contributed by atoms with Gasteiger partial charge in [-0.25, -0.2) is 4.79 Å². The summed E-state index contributed by atoms with van der Waals surface area (Å²) in [5.74, 6) is -0.148. The Kier molecular flexibility index (Phi) is 1.56. The van der Waals surface area contributed by atoms with Gasteiger partial charge in [0.15, 0.2) is 0 Å². The van der Waals surface area contributed by atoms with E-state index in [-0.39, 0.29) is 12.1 Å². The average molecular weight is 126 g/mol. The maximum atomic E-state index is 10.7. The van der Waals surface area contributed by atoms with E-state index in [2.05, 4.69) is 0 Å². The van der Waals surface area contributed by atoms with E-state index in [4.69, 9.17) is 4.74 Å². The Morgan fingerprint density at radius 2 is 2.44 bits per heavy atom. The van der Waals surface area contributed by atoms with E-state index >= 15 is 0 Å². The highest BCUT2D eigenvalue weighted by Gasteiger charge is 2.23. The molecule has 1 heterocycles. The van der Waals surface area contributed by atoms with E-state index in [1.54, 1.807) is 0 Å². The molecule has 9 heavy (non-hydrogen) atoms. The molecular weight excluding hydrogens is 116 g/mol. The number of cyclic esters (lactones) is 1. The number of allylic oxidation sites excluding steroid dienone is 1. The molecule has 0 aromatic heterocycles. The summed E-state index contributed by atoms with van der Waals surface area (Å²) >= 11 is 0. The third-order valence-corrected chi connectivity index (χ3v) is 1.43. The minimum absolute atomic E-state index is 0.0868. The summed E-state index contributed by atoms with van der Waals surface area (Å²) in [6.45, 7) is 3.75. The molecule has 1 rings (SSSR count). The largest absolute Gasteiger partial charge is 0.459 e. The van der Waals surface area contributed by atoms with Gasteiger partial charge in [0, 0.05) is 12.0 Å². The summed E-state index contributed by atoms with van der Waals surface area (Å²) < 4.78 is 4.86. The van der Waals surface area contributed by atoms with Crippen LogP contribution in [0.1, 0.15) is 20.3 Å². The molecular formula is C7H10O2. The lowest BCUT2D eigenvalue weighted by molar-refractivity contribution is -0.138. The molecule has 0 spiro atoms. The number of carbonyl (C=O) groups excluding carboxylic acids is 1. The normalized spacial score (nSPS) is 31.1. The third kappa shape index (κ3) is 1.12. The zero-order chi connectivity index (χ0) is 6.85. The smallest absolute Gasteiger partial charge is 0.334 e. The van der Waals surface area contributed by atoms with Gasteiger partial charge in [-0.15, -0.1) is 0 Å². The first-order valence-corrected chi connectivity index (χ1v) is 3.10. The molecule has 1 aliphatic rings. The van der Waals surface area contributed by atoms with Crippen molar-refractivity contribution >= 4 is 5.97 Å². The monoisotopic (exact) mass is 126 g/mol. The van der Waals surface area contributed by atoms with Crippen LogP contribution in [0, 0.1) is 0 Å². The average Bonchev–Trinajstić information content (AvgIpc) is 2.10. The summed E-state index contributed by atoms with van der Waals surface area (Å²) in [5.41, 5.74) is 0.808. The molecule has 1 fully saturated rings. The molecule has 0 bridgehead atoms. The molecule has 0 aromatic rings. The Morgan fingerprint density at radius 1 is 1.78 bits per heavy atom. The molecule has 0 saturated carbocycles. The fraction of sp³-hybridized carbons (Fsp3) is 0.571. The number of hydrogen-bond acceptors (Lipinski definition) is 2. The van der Waals surface area contributed by atoms with Crippen LogP contribution in [-0.4, -0.2) is 12.1 Å². The fourth-order valence-electron chi connectivity index (χ4n) is 0.929. The van der Waals surface area contributed by atoms with Crippen molar-refractivity contribution in [2.24, 2.45) is 0 Å². The lowest BCUT2D eigenvalue weighted by Gasteiger charge is -1.94. The molecule has 1 unspecified atom stereocenters. The van der Waals surface area contributed by atoms with Crippen molar-refractivity contribution in [3.05, 3.63) is 11.6 Å². The Labute approximate surface area is 54.5 Å². The van der Waals surface area contributed by atoms with Crippen LogP contribution in [0.2, 0.25) is 0 Å². The van der Waals surface area contributed by atoms with Gasteiger partial charge in [-0.1, -0.05) is 6.08 Å². The lowest BCUT2D eigenvalue weighted by Crippen LogP contribution is -1.99. The van der Waals surface area contributed by atoms with Gasteiger partial charge in [0.25, 0.3) is 0 Å². The summed E-state index contributed by atoms with van der Waals surface area (Å²) in [4.78, 5) is 10.7. The summed E-state index contributed by atoms with van der Waals surface area (Å²) in [7, 11) is 0. The van der Waals surface area contributed by atoms with E-state index in [9.17, 15) is 4.79 Å². The molecule has 0 amide bonds. The molecule has 1 atom stereocenters. The highest BCUT2D eigenvalue weighted by atomic mass is 16.5. The maximum absolute atomic E-state index is 10.7. The van der Waals surface area contributed by atoms with Gasteiger partial charge in [0.2, 0.25) is 0 Å². The SMILES string of the molecule is CC=C1CC(C)OC1=O. The number of carbonyl (C=O) groups is 1. The van der Waals surface area contributed by atoms with Crippen LogP contribution in [0.25, 0.3) is 0 Å². The van der Waals surface area contributed by atoms with Gasteiger partial charge in [0.1, 0.15) is 6.10 Å². The molecule has 0 aromatic carbocycles. The Morgan fingerprint density at radius 3 is 2.67 bits per heavy atom. The van der Waals surface area contributed by atoms with Gasteiger partial charge in [-0.2, -0.15) is 0 Å². The second kappa shape index (κ2) is 2.21. The van der Waals surface area contributed by atoms with Crippen molar-refractivity contribution in [3.63, 3.8) is 0 Å². The second-order valence-corrected chi connectivity index (χ2v) is 2.23. The van der Waals surface area contributed by atoms with Crippen LogP contribution < -0.4 is 0 Å². The zero-order valence-electron chi connectivity index (χ0n) is 5.68. The van der Waals surface area contributed by atoms with Gasteiger partial charge in [-0.3, -0.25) is 0 Å². The van der Waals surface area contributed by atoms with Gasteiger partial charge < -0.3 is 4.74 Å². The lowest BCUT2D eigenvalue weighted by atomic mass is 10.2. The molecule has 2 heteroatoms. The van der Waals surface area contributed by atoms with Gasteiger partial charge in [0.05, 0.1) is 0 Å². The number of ether oxygens (including phenoxy) is 1. The molecule has 2 nitrogen and oxygen atoms in total. The van der Waals surface area contributed by atoms with Crippen molar-refractivity contribution in [2.75, 3.05) is 0 Å². The van der Waals surface area contributed by atoms with Crippen LogP contribution in [0.3, 0.4) is 0 Å². The van der Waals surface area contributed by atoms with Crippen molar-refractivity contribution in [2.45, 2.75) is 26.4 Å². The highest BCUT2D eigenvalue weighted by Crippen LogP contribution is 2.18. The van der Waals surface area contributed by atoms with Crippen molar-refractivity contribution in [3.8, 4) is 0 Å². The zero-order valence-corrected chi connectivity index (χ0v) is 5.68. The Bertz CT molecular complexity index is 158. The summed E-state index contributed by atoms with van der Waals surface area (Å²) in [5, 5.41) is 0. The fourth-order valence-corrected chi connectivity index (χ4v) is 0.929. The first-order valence-electron chi connectivity index (χ1n) is 3.10. The van der Waals surface area contributed by atoms with Crippen LogP contribution in [0.5, 0.6) is 0 Å². The molecule has 0 aliphatic carbocycles. The predicted octanol–water partition coefficient (Wildman–Crippen LogP) is 1.27. The highest BCUT2D eigenvalue weighted by molar-refractivity contribution is 5.90. The van der Waals surface area contributed by atoms with Crippen LogP contribution in [0.4, 0.5) is 0 Å². The molecule has 1 aliphatic heterocycles. The molecule has 1 saturated heterocycles. The minimum Gasteiger partial charge on any atom is -0.459 e. The van der Waals surface area contributed by atoms with E-state index in [0.717, 1.165) is 12.0 Å². The van der Waals surface area contributed by atoms with Crippen LogP contribution in [-0.2, 0) is 9.53 Å². The van der Waals surface area contributed by atoms with E-state index < -0.39 is 0 Å². The Hall–Kier alpha value is -0.790. The predicted molar refractivity (Wildman–Crippen MR) is 33.9 cm³/mol. The van der Waals surface area contributed by atoms with Crippen LogP contribution in [0.15, 0.2) is 11.6 Å². The van der Waals surface area contributed by atoms with Crippen molar-refractivity contribution in [1.29, 1.82) is 0 Å². The first-order chi connectivity index (χ1) is 4.24. The van der Waals surface area contributed by atoms with Crippen LogP contribution >= 0.6 is 0 Å². The topological polar surface area (TPSA) is 26.3 Å². The van der Waals surface area contributed by atoms with E-state index in [0.29, 0.717) is 0 Å². The minimum atomic E-state index is -0.148. The second-order valence-electron chi connectivity index (χ2n) is 2.23. The number of hydrogen-bond donors (Lipinski definition) is 0. The Balaban J connectivity index is 2.70. The first kappa shape index (κ1) is 6.33. The molecule has 0 N–H and O–H groups in total. The summed E-state index contributed by atoms with van der Waals surface area (Å²) in [6.07, 6.45) is 2.67. The van der Waals surface area contributed by atoms with Gasteiger partial charge in [-0.05, 0) is 13.8 Å². The van der Waals surface area contributed by atoms with Crippen molar-refractivity contribution < 1.29 is 9.53 Å². The number of esters is 1. The number of rotatable bonds is 0. The van der Waals surface area contributed by atoms with Gasteiger partial charge >= 0.3 is 5.97 Å². The molecule has 0 radical (unpaired) electrons. The van der Waals surface area contributed by atoms with E-state index in [1.807, 2.05) is 19.9 Å². The molecule has 50 valence electrons. The standard InChI is InChI=1S/C7H10O2/c1-3-6-4-5(2)9-7(6)8/h3,5H,4H2,1-2H3. The van der Waals surface area contributed by atoms with E-state index in [1.165, 1.54) is 0 Å². The summed E-state index contributed by atoms with van der Waals surface area (Å²) in [6, 6.07) is 0. The van der Waals surface area contributed by atoms with Crippen molar-refractivity contribution in [1.82, 2.24) is 0 Å². The quantitative estimate of drug-likeness (QED) is 0.361.